The third-order valence-electron chi connectivity index (χ3n) is 4.90. The van der Waals surface area contributed by atoms with Crippen LogP contribution in [0.4, 0.5) is 0 Å². The van der Waals surface area contributed by atoms with E-state index in [-0.39, 0.29) is 11.9 Å². The molecular weight excluding hydrogens is 278 g/mol. The van der Waals surface area contributed by atoms with E-state index >= 15 is 0 Å². The molecule has 4 heteroatoms. The van der Waals surface area contributed by atoms with Crippen molar-refractivity contribution in [2.24, 2.45) is 5.92 Å². The average Bonchev–Trinajstić information content (AvgIpc) is 3.27. The lowest BCUT2D eigenvalue weighted by molar-refractivity contribution is -0.132. The first kappa shape index (κ1) is 13.7. The molecule has 4 nitrogen and oxygen atoms in total. The molecule has 22 heavy (non-hydrogen) atoms. The van der Waals surface area contributed by atoms with Gasteiger partial charge in [-0.3, -0.25) is 4.79 Å². The van der Waals surface area contributed by atoms with Crippen molar-refractivity contribution in [1.82, 2.24) is 4.90 Å². The minimum Gasteiger partial charge on any atom is -0.454 e. The molecular formula is C18H21NO3. The van der Waals surface area contributed by atoms with Crippen molar-refractivity contribution in [2.75, 3.05) is 13.3 Å². The zero-order valence-electron chi connectivity index (χ0n) is 12.7. The number of hydrogen-bond acceptors (Lipinski definition) is 3. The van der Waals surface area contributed by atoms with E-state index in [9.17, 15) is 4.79 Å². The fraction of sp³-hybridized carbons (Fsp3) is 0.500. The summed E-state index contributed by atoms with van der Waals surface area (Å²) in [7, 11) is 0. The molecule has 1 aromatic rings. The van der Waals surface area contributed by atoms with Gasteiger partial charge in [0.1, 0.15) is 0 Å². The van der Waals surface area contributed by atoms with Crippen LogP contribution in [0, 0.1) is 5.92 Å². The van der Waals surface area contributed by atoms with Gasteiger partial charge >= 0.3 is 0 Å². The fourth-order valence-electron chi connectivity index (χ4n) is 3.74. The van der Waals surface area contributed by atoms with Crippen LogP contribution in [0.5, 0.6) is 11.5 Å². The van der Waals surface area contributed by atoms with E-state index in [4.69, 9.17) is 9.47 Å². The Morgan fingerprint density at radius 3 is 3.00 bits per heavy atom. The summed E-state index contributed by atoms with van der Waals surface area (Å²) in [4.78, 5) is 14.7. The van der Waals surface area contributed by atoms with Crippen LogP contribution in [-0.4, -0.2) is 24.1 Å². The number of likely N-dealkylation sites (tertiary alicyclic amines) is 1. The Bertz CT molecular complexity index is 610. The van der Waals surface area contributed by atoms with Crippen molar-refractivity contribution < 1.29 is 14.3 Å². The molecule has 0 unspecified atom stereocenters. The summed E-state index contributed by atoms with van der Waals surface area (Å²) in [6.07, 6.45) is 9.38. The van der Waals surface area contributed by atoms with Gasteiger partial charge in [0.05, 0.1) is 6.04 Å². The van der Waals surface area contributed by atoms with Crippen molar-refractivity contribution >= 4 is 5.91 Å². The highest BCUT2D eigenvalue weighted by Crippen LogP contribution is 2.39. The van der Waals surface area contributed by atoms with E-state index in [0.717, 1.165) is 49.3 Å². The second-order valence-electron chi connectivity index (χ2n) is 6.33. The Kier molecular flexibility index (Phi) is 3.53. The van der Waals surface area contributed by atoms with Gasteiger partial charge in [0.15, 0.2) is 11.5 Å². The normalized spacial score (nSPS) is 25.9. The molecule has 0 bridgehead atoms. The number of ether oxygens (including phenoxy) is 2. The number of carbonyl (C=O) groups is 1. The molecule has 1 fully saturated rings. The molecule has 1 aliphatic carbocycles. The van der Waals surface area contributed by atoms with Gasteiger partial charge in [0.2, 0.25) is 12.7 Å². The average molecular weight is 299 g/mol. The summed E-state index contributed by atoms with van der Waals surface area (Å²) in [6.45, 7) is 1.16. The third kappa shape index (κ3) is 2.47. The standard InChI is InChI=1S/C18H21NO3/c20-18(10-13-4-1-2-5-13)19-9-3-6-15(19)14-7-8-16-17(11-14)22-12-21-16/h1,4,7-8,11,13,15H,2-3,5-6,9-10,12H2/t13-,15+/m1/s1. The highest BCUT2D eigenvalue weighted by Gasteiger charge is 2.31. The zero-order valence-corrected chi connectivity index (χ0v) is 12.7. The second kappa shape index (κ2) is 5.67. The molecule has 1 amide bonds. The summed E-state index contributed by atoms with van der Waals surface area (Å²) in [5.41, 5.74) is 1.16. The largest absolute Gasteiger partial charge is 0.454 e. The van der Waals surface area contributed by atoms with E-state index in [0.29, 0.717) is 19.1 Å². The molecule has 0 aromatic heterocycles. The maximum absolute atomic E-state index is 12.7. The van der Waals surface area contributed by atoms with Crippen LogP contribution in [0.3, 0.4) is 0 Å². The van der Waals surface area contributed by atoms with Crippen molar-refractivity contribution in [3.8, 4) is 11.5 Å². The summed E-state index contributed by atoms with van der Waals surface area (Å²) in [5, 5.41) is 0. The van der Waals surface area contributed by atoms with Crippen LogP contribution in [-0.2, 0) is 4.79 Å². The van der Waals surface area contributed by atoms with Crippen LogP contribution in [0.2, 0.25) is 0 Å². The Hall–Kier alpha value is -1.97. The molecule has 2 atom stereocenters. The van der Waals surface area contributed by atoms with E-state index in [2.05, 4.69) is 23.1 Å². The first-order chi connectivity index (χ1) is 10.8. The number of hydrogen-bond donors (Lipinski definition) is 0. The number of rotatable bonds is 3. The van der Waals surface area contributed by atoms with E-state index < -0.39 is 0 Å². The topological polar surface area (TPSA) is 38.8 Å². The van der Waals surface area contributed by atoms with Gasteiger partial charge in [0, 0.05) is 13.0 Å². The van der Waals surface area contributed by atoms with E-state index in [1.807, 2.05) is 12.1 Å². The third-order valence-corrected chi connectivity index (χ3v) is 4.90. The van der Waals surface area contributed by atoms with Crippen LogP contribution >= 0.6 is 0 Å². The summed E-state index contributed by atoms with van der Waals surface area (Å²) >= 11 is 0. The first-order valence-electron chi connectivity index (χ1n) is 8.17. The van der Waals surface area contributed by atoms with Crippen molar-refractivity contribution in [3.05, 3.63) is 35.9 Å². The van der Waals surface area contributed by atoms with Crippen LogP contribution < -0.4 is 9.47 Å². The molecule has 1 saturated heterocycles. The van der Waals surface area contributed by atoms with Gasteiger partial charge in [-0.2, -0.15) is 0 Å². The van der Waals surface area contributed by atoms with Gasteiger partial charge < -0.3 is 14.4 Å². The van der Waals surface area contributed by atoms with Crippen LogP contribution in [0.1, 0.15) is 43.7 Å². The summed E-state index contributed by atoms with van der Waals surface area (Å²) < 4.78 is 10.8. The number of benzene rings is 1. The maximum Gasteiger partial charge on any atom is 0.231 e. The molecule has 116 valence electrons. The minimum absolute atomic E-state index is 0.187. The lowest BCUT2D eigenvalue weighted by Crippen LogP contribution is -2.31. The number of fused-ring (bicyclic) bond motifs is 1. The van der Waals surface area contributed by atoms with Gasteiger partial charge in [-0.1, -0.05) is 18.2 Å². The van der Waals surface area contributed by atoms with Gasteiger partial charge in [-0.05, 0) is 49.3 Å². The fourth-order valence-corrected chi connectivity index (χ4v) is 3.74. The summed E-state index contributed by atoms with van der Waals surface area (Å²) in [5.74, 6) is 2.33. The molecule has 0 N–H and O–H groups in total. The quantitative estimate of drug-likeness (QED) is 0.803. The molecule has 2 aliphatic heterocycles. The highest BCUT2D eigenvalue weighted by atomic mass is 16.7. The van der Waals surface area contributed by atoms with Gasteiger partial charge in [0.25, 0.3) is 0 Å². The molecule has 0 spiro atoms. The van der Waals surface area contributed by atoms with Gasteiger partial charge in [-0.15, -0.1) is 0 Å². The smallest absolute Gasteiger partial charge is 0.231 e. The van der Waals surface area contributed by atoms with Gasteiger partial charge in [-0.25, -0.2) is 0 Å². The monoisotopic (exact) mass is 299 g/mol. The lowest BCUT2D eigenvalue weighted by atomic mass is 10.0. The van der Waals surface area contributed by atoms with Crippen LogP contribution in [0.25, 0.3) is 0 Å². The molecule has 3 aliphatic rings. The first-order valence-corrected chi connectivity index (χ1v) is 8.17. The zero-order chi connectivity index (χ0) is 14.9. The minimum atomic E-state index is 0.187. The van der Waals surface area contributed by atoms with Crippen molar-refractivity contribution in [1.29, 1.82) is 0 Å². The Balaban J connectivity index is 1.50. The SMILES string of the molecule is O=C(C[C@@H]1C=CCC1)N1CCC[C@H]1c1ccc2c(c1)OCO2. The predicted octanol–water partition coefficient (Wildman–Crippen LogP) is 3.44. The highest BCUT2D eigenvalue weighted by molar-refractivity contribution is 5.77. The van der Waals surface area contributed by atoms with Crippen molar-refractivity contribution in [2.45, 2.75) is 38.1 Å². The molecule has 0 radical (unpaired) electrons. The van der Waals surface area contributed by atoms with E-state index in [1.165, 1.54) is 0 Å². The maximum atomic E-state index is 12.7. The number of allylic oxidation sites excluding steroid dienone is 2. The van der Waals surface area contributed by atoms with Crippen molar-refractivity contribution in [3.63, 3.8) is 0 Å². The van der Waals surface area contributed by atoms with E-state index in [1.54, 1.807) is 0 Å². The number of carbonyl (C=O) groups excluding carboxylic acids is 1. The van der Waals surface area contributed by atoms with Crippen LogP contribution in [0.15, 0.2) is 30.4 Å². The Labute approximate surface area is 130 Å². The number of nitrogens with zero attached hydrogens (tertiary/aromatic N) is 1. The summed E-state index contributed by atoms with van der Waals surface area (Å²) in [6, 6.07) is 6.25. The Morgan fingerprint density at radius 1 is 1.23 bits per heavy atom. The lowest BCUT2D eigenvalue weighted by Gasteiger charge is -2.26. The molecule has 1 aromatic carbocycles. The molecule has 0 saturated carbocycles. The molecule has 4 rings (SSSR count). The Morgan fingerprint density at radius 2 is 2.14 bits per heavy atom. The predicted molar refractivity (Wildman–Crippen MR) is 82.7 cm³/mol. The number of amides is 1. The molecule has 2 heterocycles. The second-order valence-corrected chi connectivity index (χ2v) is 6.33.